The number of amides is 1. The van der Waals surface area contributed by atoms with E-state index >= 15 is 8.78 Å². The zero-order valence-corrected chi connectivity index (χ0v) is 19.2. The van der Waals surface area contributed by atoms with E-state index in [2.05, 4.69) is 20.4 Å². The molecule has 0 spiro atoms. The van der Waals surface area contributed by atoms with Crippen molar-refractivity contribution >= 4 is 16.7 Å². The molecule has 1 N–H and O–H groups in total. The molecule has 0 fully saturated rings. The highest BCUT2D eigenvalue weighted by Crippen LogP contribution is 2.38. The minimum Gasteiger partial charge on any atom is -0.327 e. The molecule has 36 heavy (non-hydrogen) atoms. The number of fused-ring (bicyclic) bond motifs is 2. The second kappa shape index (κ2) is 8.25. The van der Waals surface area contributed by atoms with Crippen LogP contribution in [0.4, 0.5) is 17.6 Å². The predicted octanol–water partition coefficient (Wildman–Crippen LogP) is 3.81. The third kappa shape index (κ3) is 3.82. The van der Waals surface area contributed by atoms with Crippen molar-refractivity contribution in [3.8, 4) is 0 Å². The fourth-order valence-electron chi connectivity index (χ4n) is 4.42. The first-order chi connectivity index (χ1) is 17.0. The monoisotopic (exact) mass is 500 g/mol. The zero-order valence-electron chi connectivity index (χ0n) is 19.2. The van der Waals surface area contributed by atoms with Gasteiger partial charge in [0.25, 0.3) is 11.5 Å². The van der Waals surface area contributed by atoms with Gasteiger partial charge in [-0.05, 0) is 25.1 Å². The number of hydrogen-bond acceptors (Lipinski definition) is 5. The summed E-state index contributed by atoms with van der Waals surface area (Å²) in [6.07, 6.45) is 0. The summed E-state index contributed by atoms with van der Waals surface area (Å²) in [5.41, 5.74) is -1.74. The Morgan fingerprint density at radius 3 is 2.50 bits per heavy atom. The third-order valence-corrected chi connectivity index (χ3v) is 6.24. The minimum atomic E-state index is -3.63. The topological polar surface area (TPSA) is 96.8 Å². The second-order valence-electron chi connectivity index (χ2n) is 8.82. The van der Waals surface area contributed by atoms with Crippen molar-refractivity contribution in [1.29, 1.82) is 0 Å². The fraction of sp³-hybridized carbons (Fsp3) is 0.292. The second-order valence-corrected chi connectivity index (χ2v) is 8.82. The van der Waals surface area contributed by atoms with Gasteiger partial charge in [0.2, 0.25) is 5.82 Å². The molecule has 2 aromatic heterocycles. The SMILES string of the molecule is C[C@H]1Cn2c(nnc2C(C)(F)F)CN1C(=O)c1cccc(C(F)(F)c2n[nH]c(=O)c3ccccc23)c1. The number of aromatic nitrogens is 5. The van der Waals surface area contributed by atoms with E-state index in [9.17, 15) is 18.4 Å². The van der Waals surface area contributed by atoms with Crippen LogP contribution in [0.1, 0.15) is 47.1 Å². The van der Waals surface area contributed by atoms with Crippen LogP contribution in [0.5, 0.6) is 0 Å². The molecule has 0 bridgehead atoms. The van der Waals surface area contributed by atoms with Crippen LogP contribution < -0.4 is 5.56 Å². The highest BCUT2D eigenvalue weighted by Gasteiger charge is 2.40. The smallest absolute Gasteiger partial charge is 0.317 e. The largest absolute Gasteiger partial charge is 0.327 e. The lowest BCUT2D eigenvalue weighted by atomic mass is 9.98. The lowest BCUT2D eigenvalue weighted by molar-refractivity contribution is 0.000995. The molecular weight excluding hydrogens is 480 g/mol. The summed E-state index contributed by atoms with van der Waals surface area (Å²) in [5, 5.41) is 13.2. The Labute approximate surface area is 201 Å². The molecule has 0 aliphatic carbocycles. The Hall–Kier alpha value is -4.09. The van der Waals surface area contributed by atoms with Crippen LogP contribution in [0.25, 0.3) is 10.8 Å². The number of nitrogens with one attached hydrogen (secondary N) is 1. The van der Waals surface area contributed by atoms with E-state index in [1.165, 1.54) is 45.9 Å². The maximum Gasteiger partial charge on any atom is 0.317 e. The first kappa shape index (κ1) is 23.6. The van der Waals surface area contributed by atoms with Crippen molar-refractivity contribution in [2.24, 2.45) is 0 Å². The van der Waals surface area contributed by atoms with Gasteiger partial charge in [-0.2, -0.15) is 22.7 Å². The van der Waals surface area contributed by atoms with Crippen molar-refractivity contribution in [2.75, 3.05) is 0 Å². The van der Waals surface area contributed by atoms with E-state index in [-0.39, 0.29) is 35.2 Å². The van der Waals surface area contributed by atoms with Gasteiger partial charge in [-0.15, -0.1) is 10.2 Å². The number of H-pyrrole nitrogens is 1. The normalized spacial score (nSPS) is 16.3. The number of carbonyl (C=O) groups excluding carboxylic acids is 1. The molecule has 8 nitrogen and oxygen atoms in total. The van der Waals surface area contributed by atoms with Gasteiger partial charge >= 0.3 is 11.8 Å². The lowest BCUT2D eigenvalue weighted by Crippen LogP contribution is -2.45. The molecular formula is C24H20F4N6O2. The van der Waals surface area contributed by atoms with Crippen LogP contribution in [0.2, 0.25) is 0 Å². The van der Waals surface area contributed by atoms with E-state index < -0.39 is 46.4 Å². The van der Waals surface area contributed by atoms with Crippen molar-refractivity contribution in [3.05, 3.63) is 87.4 Å². The van der Waals surface area contributed by atoms with Gasteiger partial charge in [0.05, 0.1) is 11.9 Å². The van der Waals surface area contributed by atoms with E-state index in [1.54, 1.807) is 13.0 Å². The van der Waals surface area contributed by atoms with Gasteiger partial charge in [-0.1, -0.05) is 30.3 Å². The average Bonchev–Trinajstić information content (AvgIpc) is 3.26. The van der Waals surface area contributed by atoms with E-state index in [1.807, 2.05) is 0 Å². The van der Waals surface area contributed by atoms with Crippen molar-refractivity contribution in [1.82, 2.24) is 29.9 Å². The molecule has 1 aliphatic rings. The van der Waals surface area contributed by atoms with Crippen LogP contribution in [-0.2, 0) is 24.9 Å². The summed E-state index contributed by atoms with van der Waals surface area (Å²) >= 11 is 0. The maximum absolute atomic E-state index is 15.6. The summed E-state index contributed by atoms with van der Waals surface area (Å²) in [5.74, 6) is -7.69. The quantitative estimate of drug-likeness (QED) is 0.430. The molecule has 186 valence electrons. The fourth-order valence-corrected chi connectivity index (χ4v) is 4.42. The molecule has 0 unspecified atom stereocenters. The van der Waals surface area contributed by atoms with Crippen LogP contribution in [0, 0.1) is 0 Å². The third-order valence-electron chi connectivity index (χ3n) is 6.24. The average molecular weight is 500 g/mol. The van der Waals surface area contributed by atoms with Gasteiger partial charge < -0.3 is 9.47 Å². The standard InChI is InChI=1S/C24H20F4N6O2/c1-13-11-34-18(29-32-22(34)23(2,25)26)12-33(13)21(36)14-6-5-7-15(10-14)24(27,28)19-16-8-3-4-9-17(16)20(35)31-30-19/h3-10,13H,11-12H2,1-2H3,(H,31,35)/t13-/m0/s1. The Morgan fingerprint density at radius 1 is 1.06 bits per heavy atom. The summed E-state index contributed by atoms with van der Waals surface area (Å²) in [4.78, 5) is 26.7. The van der Waals surface area contributed by atoms with E-state index in [0.717, 1.165) is 13.0 Å². The molecule has 0 saturated carbocycles. The lowest BCUT2D eigenvalue weighted by Gasteiger charge is -2.34. The molecule has 1 amide bonds. The van der Waals surface area contributed by atoms with Crippen molar-refractivity contribution in [3.63, 3.8) is 0 Å². The number of alkyl halides is 4. The summed E-state index contributed by atoms with van der Waals surface area (Å²) < 4.78 is 60.2. The summed E-state index contributed by atoms with van der Waals surface area (Å²) in [6, 6.07) is 10.3. The summed E-state index contributed by atoms with van der Waals surface area (Å²) in [7, 11) is 0. The predicted molar refractivity (Wildman–Crippen MR) is 121 cm³/mol. The number of aromatic amines is 1. The van der Waals surface area contributed by atoms with Gasteiger partial charge in [0.15, 0.2) is 5.82 Å². The molecule has 3 heterocycles. The van der Waals surface area contributed by atoms with E-state index in [0.29, 0.717) is 0 Å². The number of halogens is 4. The number of hydrogen-bond donors (Lipinski definition) is 1. The van der Waals surface area contributed by atoms with Crippen LogP contribution in [0.15, 0.2) is 53.3 Å². The molecule has 1 aliphatic heterocycles. The van der Waals surface area contributed by atoms with Gasteiger partial charge in [-0.25, -0.2) is 5.10 Å². The molecule has 2 aromatic carbocycles. The number of nitrogens with zero attached hydrogens (tertiary/aromatic N) is 5. The first-order valence-corrected chi connectivity index (χ1v) is 11.1. The first-order valence-electron chi connectivity index (χ1n) is 11.1. The van der Waals surface area contributed by atoms with Crippen LogP contribution in [0.3, 0.4) is 0 Å². The highest BCUT2D eigenvalue weighted by molar-refractivity contribution is 5.94. The van der Waals surface area contributed by atoms with Gasteiger partial charge in [-0.3, -0.25) is 9.59 Å². The molecule has 0 radical (unpaired) electrons. The minimum absolute atomic E-state index is 0.00417. The summed E-state index contributed by atoms with van der Waals surface area (Å²) in [6.45, 7) is 2.33. The Kier molecular flexibility index (Phi) is 5.42. The van der Waals surface area contributed by atoms with Crippen molar-refractivity contribution < 1.29 is 22.4 Å². The molecule has 1 atom stereocenters. The van der Waals surface area contributed by atoms with Crippen molar-refractivity contribution in [2.45, 2.75) is 44.8 Å². The molecule has 12 heteroatoms. The number of carbonyl (C=O) groups is 1. The Balaban J connectivity index is 1.49. The Bertz CT molecular complexity index is 1540. The van der Waals surface area contributed by atoms with E-state index in [4.69, 9.17) is 0 Å². The molecule has 0 saturated heterocycles. The Morgan fingerprint density at radius 2 is 1.78 bits per heavy atom. The number of benzene rings is 2. The zero-order chi connectivity index (χ0) is 25.8. The van der Waals surface area contributed by atoms with Gasteiger partial charge in [0.1, 0.15) is 5.69 Å². The van der Waals surface area contributed by atoms with Crippen LogP contribution >= 0.6 is 0 Å². The van der Waals surface area contributed by atoms with Crippen LogP contribution in [-0.4, -0.2) is 41.8 Å². The van der Waals surface area contributed by atoms with Gasteiger partial charge in [0, 0.05) is 36.0 Å². The maximum atomic E-state index is 15.6. The molecule has 4 aromatic rings. The highest BCUT2D eigenvalue weighted by atomic mass is 19.3. The molecule has 5 rings (SSSR count). The number of rotatable bonds is 4.